The van der Waals surface area contributed by atoms with Gasteiger partial charge in [0.15, 0.2) is 0 Å². The standard InChI is InChI=1S/C14H18O3/c1-10-6-8-11(9-7-10)12-4-2-3-5-13(12)17-14(15)16/h6-9,12-13H,2-5H2,1H3,(H,15,16)/t12-,13+/m0/s1. The molecule has 3 nitrogen and oxygen atoms in total. The molecule has 1 saturated carbocycles. The fraction of sp³-hybridized carbons (Fsp3) is 0.500. The van der Waals surface area contributed by atoms with E-state index in [-0.39, 0.29) is 12.0 Å². The highest BCUT2D eigenvalue weighted by Gasteiger charge is 2.29. The van der Waals surface area contributed by atoms with Crippen molar-refractivity contribution >= 4 is 6.16 Å². The zero-order valence-corrected chi connectivity index (χ0v) is 10.1. The molecule has 0 radical (unpaired) electrons. The van der Waals surface area contributed by atoms with E-state index in [9.17, 15) is 4.79 Å². The third kappa shape index (κ3) is 2.99. The van der Waals surface area contributed by atoms with Gasteiger partial charge in [0.1, 0.15) is 6.10 Å². The van der Waals surface area contributed by atoms with Gasteiger partial charge in [-0.25, -0.2) is 4.79 Å². The van der Waals surface area contributed by atoms with Crippen molar-refractivity contribution in [3.8, 4) is 0 Å². The second-order valence-corrected chi connectivity index (χ2v) is 4.72. The first-order valence-corrected chi connectivity index (χ1v) is 6.13. The summed E-state index contributed by atoms with van der Waals surface area (Å²) in [5.74, 6) is 0.223. The molecule has 17 heavy (non-hydrogen) atoms. The predicted octanol–water partition coefficient (Wildman–Crippen LogP) is 3.72. The molecule has 1 aliphatic carbocycles. The summed E-state index contributed by atoms with van der Waals surface area (Å²) in [4.78, 5) is 10.7. The molecular weight excluding hydrogens is 216 g/mol. The molecule has 0 unspecified atom stereocenters. The molecule has 0 aromatic heterocycles. The normalized spacial score (nSPS) is 24.3. The molecule has 0 aliphatic heterocycles. The van der Waals surface area contributed by atoms with Crippen molar-refractivity contribution in [1.29, 1.82) is 0 Å². The van der Waals surface area contributed by atoms with E-state index in [0.717, 1.165) is 25.7 Å². The first-order valence-electron chi connectivity index (χ1n) is 6.13. The summed E-state index contributed by atoms with van der Waals surface area (Å²) in [5.41, 5.74) is 2.42. The van der Waals surface area contributed by atoms with E-state index in [4.69, 9.17) is 9.84 Å². The third-order valence-corrected chi connectivity index (χ3v) is 3.46. The SMILES string of the molecule is Cc1ccc([C@@H]2CCCC[C@H]2OC(=O)O)cc1. The predicted molar refractivity (Wildman–Crippen MR) is 65.3 cm³/mol. The van der Waals surface area contributed by atoms with Crippen LogP contribution in [0.15, 0.2) is 24.3 Å². The molecule has 92 valence electrons. The van der Waals surface area contributed by atoms with E-state index < -0.39 is 6.16 Å². The third-order valence-electron chi connectivity index (χ3n) is 3.46. The number of aryl methyl sites for hydroxylation is 1. The molecule has 0 saturated heterocycles. The number of benzene rings is 1. The van der Waals surface area contributed by atoms with Gasteiger partial charge in [-0.1, -0.05) is 36.2 Å². The van der Waals surface area contributed by atoms with Gasteiger partial charge in [-0.3, -0.25) is 0 Å². The Kier molecular flexibility index (Phi) is 3.67. The maximum Gasteiger partial charge on any atom is 0.506 e. The lowest BCUT2D eigenvalue weighted by atomic mass is 9.81. The van der Waals surface area contributed by atoms with Crippen LogP contribution >= 0.6 is 0 Å². The number of ether oxygens (including phenoxy) is 1. The molecule has 0 bridgehead atoms. The monoisotopic (exact) mass is 234 g/mol. The molecular formula is C14H18O3. The Morgan fingerprint density at radius 1 is 1.24 bits per heavy atom. The van der Waals surface area contributed by atoms with E-state index in [1.165, 1.54) is 11.1 Å². The molecule has 0 heterocycles. The zero-order valence-electron chi connectivity index (χ0n) is 10.1. The summed E-state index contributed by atoms with van der Waals surface area (Å²) < 4.78 is 5.01. The first kappa shape index (κ1) is 12.0. The minimum absolute atomic E-state index is 0.177. The minimum Gasteiger partial charge on any atom is -0.450 e. The fourth-order valence-electron chi connectivity index (χ4n) is 2.56. The second kappa shape index (κ2) is 5.21. The molecule has 2 atom stereocenters. The average molecular weight is 234 g/mol. The van der Waals surface area contributed by atoms with Crippen LogP contribution in [0.5, 0.6) is 0 Å². The Labute approximate surface area is 101 Å². The van der Waals surface area contributed by atoms with Crippen LogP contribution in [0, 0.1) is 6.92 Å². The maximum absolute atomic E-state index is 10.7. The average Bonchev–Trinajstić information content (AvgIpc) is 2.30. The lowest BCUT2D eigenvalue weighted by molar-refractivity contribution is 0.0249. The summed E-state index contributed by atoms with van der Waals surface area (Å²) in [6.07, 6.45) is 2.72. The van der Waals surface area contributed by atoms with E-state index in [1.54, 1.807) is 0 Å². The van der Waals surface area contributed by atoms with Gasteiger partial charge >= 0.3 is 6.16 Å². The quantitative estimate of drug-likeness (QED) is 0.793. The number of carbonyl (C=O) groups is 1. The van der Waals surface area contributed by atoms with Crippen LogP contribution in [0.1, 0.15) is 42.7 Å². The zero-order chi connectivity index (χ0) is 12.3. The maximum atomic E-state index is 10.7. The molecule has 1 aliphatic rings. The van der Waals surface area contributed by atoms with Gasteiger partial charge in [0.05, 0.1) is 0 Å². The van der Waals surface area contributed by atoms with Crippen LogP contribution < -0.4 is 0 Å². The minimum atomic E-state index is -1.16. The largest absolute Gasteiger partial charge is 0.506 e. The van der Waals surface area contributed by atoms with Gasteiger partial charge in [-0.2, -0.15) is 0 Å². The summed E-state index contributed by atoms with van der Waals surface area (Å²) >= 11 is 0. The number of carboxylic acid groups (broad SMARTS) is 1. The summed E-state index contributed by atoms with van der Waals surface area (Å²) in [6.45, 7) is 2.05. The highest BCUT2D eigenvalue weighted by molar-refractivity contribution is 5.57. The van der Waals surface area contributed by atoms with E-state index in [0.29, 0.717) is 0 Å². The van der Waals surface area contributed by atoms with Crippen LogP contribution in [0.2, 0.25) is 0 Å². The number of rotatable bonds is 2. The van der Waals surface area contributed by atoms with Crippen LogP contribution in [-0.2, 0) is 4.74 Å². The Hall–Kier alpha value is -1.51. The smallest absolute Gasteiger partial charge is 0.450 e. The van der Waals surface area contributed by atoms with Crippen LogP contribution in [0.3, 0.4) is 0 Å². The van der Waals surface area contributed by atoms with Gasteiger partial charge in [-0.05, 0) is 31.7 Å². The Balaban J connectivity index is 2.15. The molecule has 0 spiro atoms. The van der Waals surface area contributed by atoms with Gasteiger partial charge < -0.3 is 9.84 Å². The Morgan fingerprint density at radius 2 is 1.88 bits per heavy atom. The molecule has 1 aromatic carbocycles. The van der Waals surface area contributed by atoms with Crippen molar-refractivity contribution < 1.29 is 14.6 Å². The van der Waals surface area contributed by atoms with Crippen LogP contribution in [0.4, 0.5) is 4.79 Å². The van der Waals surface area contributed by atoms with Crippen LogP contribution in [0.25, 0.3) is 0 Å². The van der Waals surface area contributed by atoms with Gasteiger partial charge in [0.2, 0.25) is 0 Å². The van der Waals surface area contributed by atoms with E-state index in [2.05, 4.69) is 31.2 Å². The van der Waals surface area contributed by atoms with Crippen molar-refractivity contribution in [3.63, 3.8) is 0 Å². The highest BCUT2D eigenvalue weighted by Crippen LogP contribution is 2.35. The molecule has 1 fully saturated rings. The molecule has 0 amide bonds. The number of hydrogen-bond acceptors (Lipinski definition) is 2. The van der Waals surface area contributed by atoms with E-state index in [1.807, 2.05) is 0 Å². The van der Waals surface area contributed by atoms with Gasteiger partial charge in [-0.15, -0.1) is 0 Å². The highest BCUT2D eigenvalue weighted by atomic mass is 16.7. The molecule has 1 N–H and O–H groups in total. The first-order chi connectivity index (χ1) is 8.16. The topological polar surface area (TPSA) is 46.5 Å². The van der Waals surface area contributed by atoms with Crippen molar-refractivity contribution in [2.45, 2.75) is 44.6 Å². The summed E-state index contributed by atoms with van der Waals surface area (Å²) in [5, 5.41) is 8.75. The lowest BCUT2D eigenvalue weighted by Crippen LogP contribution is -2.28. The van der Waals surface area contributed by atoms with E-state index >= 15 is 0 Å². The van der Waals surface area contributed by atoms with Crippen molar-refractivity contribution in [2.75, 3.05) is 0 Å². The molecule has 2 rings (SSSR count). The second-order valence-electron chi connectivity index (χ2n) is 4.72. The van der Waals surface area contributed by atoms with Crippen LogP contribution in [-0.4, -0.2) is 17.4 Å². The fourth-order valence-corrected chi connectivity index (χ4v) is 2.56. The lowest BCUT2D eigenvalue weighted by Gasteiger charge is -2.30. The summed E-state index contributed by atoms with van der Waals surface area (Å²) in [7, 11) is 0. The number of hydrogen-bond donors (Lipinski definition) is 1. The van der Waals surface area contributed by atoms with Gasteiger partial charge in [0.25, 0.3) is 0 Å². The Morgan fingerprint density at radius 3 is 2.53 bits per heavy atom. The Bertz CT molecular complexity index is 383. The van der Waals surface area contributed by atoms with Crippen molar-refractivity contribution in [1.82, 2.24) is 0 Å². The van der Waals surface area contributed by atoms with Gasteiger partial charge in [0, 0.05) is 5.92 Å². The summed E-state index contributed by atoms with van der Waals surface area (Å²) in [6, 6.07) is 8.32. The van der Waals surface area contributed by atoms with Crippen molar-refractivity contribution in [2.24, 2.45) is 0 Å². The van der Waals surface area contributed by atoms with Crippen molar-refractivity contribution in [3.05, 3.63) is 35.4 Å². The molecule has 3 heteroatoms. The molecule has 1 aromatic rings.